The summed E-state index contributed by atoms with van der Waals surface area (Å²) in [6.45, 7) is 6.64. The van der Waals surface area contributed by atoms with Crippen LogP contribution in [0.15, 0.2) is 60.8 Å². The normalized spacial score (nSPS) is 12.4. The van der Waals surface area contributed by atoms with Crippen molar-refractivity contribution in [2.45, 2.75) is 354 Å². The van der Waals surface area contributed by atoms with Crippen LogP contribution in [-0.2, 0) is 28.6 Å². The molecular weight excluding hydrogens is 937 g/mol. The quantitative estimate of drug-likeness (QED) is 0.0261. The van der Waals surface area contributed by atoms with Gasteiger partial charge in [0.25, 0.3) is 0 Å². The summed E-state index contributed by atoms with van der Waals surface area (Å²) in [7, 11) is 0. The van der Waals surface area contributed by atoms with Crippen LogP contribution in [0.3, 0.4) is 0 Å². The predicted octanol–water partition coefficient (Wildman–Crippen LogP) is 22.7. The van der Waals surface area contributed by atoms with E-state index in [-0.39, 0.29) is 31.1 Å². The Morgan fingerprint density at radius 3 is 0.776 bits per heavy atom. The van der Waals surface area contributed by atoms with Crippen molar-refractivity contribution < 1.29 is 28.6 Å². The highest BCUT2D eigenvalue weighted by molar-refractivity contribution is 5.71. The third-order valence-electron chi connectivity index (χ3n) is 14.7. The van der Waals surface area contributed by atoms with Crippen molar-refractivity contribution in [3.05, 3.63) is 60.8 Å². The molecule has 0 aromatic rings. The van der Waals surface area contributed by atoms with Crippen LogP contribution in [0.1, 0.15) is 348 Å². The van der Waals surface area contributed by atoms with Crippen molar-refractivity contribution in [1.29, 1.82) is 0 Å². The molecule has 0 saturated heterocycles. The minimum atomic E-state index is -0.782. The molecule has 0 radical (unpaired) electrons. The third kappa shape index (κ3) is 62.0. The molecule has 76 heavy (non-hydrogen) atoms. The zero-order valence-corrected chi connectivity index (χ0v) is 50.8. The Labute approximate surface area is 472 Å². The van der Waals surface area contributed by atoms with E-state index in [0.29, 0.717) is 19.3 Å². The Kier molecular flexibility index (Phi) is 62.2. The lowest BCUT2D eigenvalue weighted by Crippen LogP contribution is -2.30. The molecule has 0 saturated carbocycles. The zero-order valence-electron chi connectivity index (χ0n) is 50.8. The second kappa shape index (κ2) is 64.6. The maximum absolute atomic E-state index is 12.9. The van der Waals surface area contributed by atoms with Gasteiger partial charge in [-0.3, -0.25) is 14.4 Å². The lowest BCUT2D eigenvalue weighted by Gasteiger charge is -2.18. The SMILES string of the molecule is CCCCC/C=C\C/C=C\CCCCCCCCCCCC(=O)OC(COC(=O)CCCCCCCCC/C=C\C/C=C\CCCCCC)COC(=O)CCCCCCCCCCC/C=C\CCCCCCCCCC. The summed E-state index contributed by atoms with van der Waals surface area (Å²) in [5.41, 5.74) is 0. The van der Waals surface area contributed by atoms with E-state index in [0.717, 1.165) is 77.0 Å². The lowest BCUT2D eigenvalue weighted by atomic mass is 10.1. The molecule has 1 atom stereocenters. The molecule has 0 fully saturated rings. The Morgan fingerprint density at radius 1 is 0.263 bits per heavy atom. The molecule has 0 bridgehead atoms. The summed E-state index contributed by atoms with van der Waals surface area (Å²) < 4.78 is 17.0. The minimum absolute atomic E-state index is 0.0776. The van der Waals surface area contributed by atoms with Gasteiger partial charge in [-0.2, -0.15) is 0 Å². The Bertz CT molecular complexity index is 1360. The maximum atomic E-state index is 12.9. The number of ether oxygens (including phenoxy) is 3. The topological polar surface area (TPSA) is 78.9 Å². The third-order valence-corrected chi connectivity index (χ3v) is 14.7. The molecule has 0 rings (SSSR count). The van der Waals surface area contributed by atoms with E-state index in [2.05, 4.69) is 81.5 Å². The number of carbonyl (C=O) groups is 3. The fraction of sp³-hybridized carbons (Fsp3) is 0.814. The van der Waals surface area contributed by atoms with Crippen LogP contribution in [0.4, 0.5) is 0 Å². The Balaban J connectivity index is 4.37. The van der Waals surface area contributed by atoms with Crippen LogP contribution < -0.4 is 0 Å². The Morgan fingerprint density at radius 2 is 0.474 bits per heavy atom. The first-order chi connectivity index (χ1) is 37.5. The molecule has 1 unspecified atom stereocenters. The number of hydrogen-bond donors (Lipinski definition) is 0. The standard InChI is InChI=1S/C70H126O6/c1-4-7-10-13-16-19-22-25-28-31-34-35-37-39-42-45-48-51-54-57-60-63-69(72)75-66-67(65-74-68(71)62-59-56-53-50-47-44-41-38-33-30-27-24-21-18-15-12-9-6-3)76-70(73)64-61-58-55-52-49-46-43-40-36-32-29-26-23-20-17-14-11-8-5-2/h17,20-21,24,26,29-31,33-34,67H,4-16,18-19,22-23,25,27-28,32,35-66H2,1-3H3/b20-17-,24-21-,29-26-,33-30-,34-31-. The fourth-order valence-electron chi connectivity index (χ4n) is 9.68. The molecule has 0 spiro atoms. The largest absolute Gasteiger partial charge is 0.462 e. The molecule has 442 valence electrons. The van der Waals surface area contributed by atoms with E-state index >= 15 is 0 Å². The van der Waals surface area contributed by atoms with E-state index in [4.69, 9.17) is 14.2 Å². The number of allylic oxidation sites excluding steroid dienone is 10. The van der Waals surface area contributed by atoms with Gasteiger partial charge in [0.05, 0.1) is 0 Å². The lowest BCUT2D eigenvalue weighted by molar-refractivity contribution is -0.167. The van der Waals surface area contributed by atoms with Crippen molar-refractivity contribution in [3.8, 4) is 0 Å². The van der Waals surface area contributed by atoms with Gasteiger partial charge in [-0.15, -0.1) is 0 Å². The molecule has 0 aliphatic heterocycles. The summed E-state index contributed by atoms with van der Waals surface area (Å²) in [5, 5.41) is 0. The minimum Gasteiger partial charge on any atom is -0.462 e. The van der Waals surface area contributed by atoms with Crippen LogP contribution >= 0.6 is 0 Å². The van der Waals surface area contributed by atoms with E-state index in [1.54, 1.807) is 0 Å². The van der Waals surface area contributed by atoms with Gasteiger partial charge in [0.15, 0.2) is 6.10 Å². The monoisotopic (exact) mass is 1060 g/mol. The molecule has 0 aliphatic rings. The first kappa shape index (κ1) is 73.1. The second-order valence-electron chi connectivity index (χ2n) is 22.4. The number of rotatable bonds is 61. The van der Waals surface area contributed by atoms with Crippen LogP contribution in [-0.4, -0.2) is 37.2 Å². The van der Waals surface area contributed by atoms with E-state index in [9.17, 15) is 14.4 Å². The molecular formula is C70H126O6. The molecule has 0 aliphatic carbocycles. The summed E-state index contributed by atoms with van der Waals surface area (Å²) in [6.07, 6.45) is 82.2. The van der Waals surface area contributed by atoms with Crippen LogP contribution in [0.5, 0.6) is 0 Å². The average Bonchev–Trinajstić information content (AvgIpc) is 3.42. The van der Waals surface area contributed by atoms with E-state index in [1.165, 1.54) is 231 Å². The van der Waals surface area contributed by atoms with Crippen molar-refractivity contribution in [3.63, 3.8) is 0 Å². The molecule has 0 amide bonds. The zero-order chi connectivity index (χ0) is 55.0. The number of unbranched alkanes of at least 4 members (excludes halogenated alkanes) is 40. The highest BCUT2D eigenvalue weighted by Crippen LogP contribution is 2.17. The smallest absolute Gasteiger partial charge is 0.306 e. The van der Waals surface area contributed by atoms with Crippen LogP contribution in [0, 0.1) is 0 Å². The van der Waals surface area contributed by atoms with Crippen molar-refractivity contribution in [1.82, 2.24) is 0 Å². The van der Waals surface area contributed by atoms with Crippen molar-refractivity contribution in [2.24, 2.45) is 0 Å². The second-order valence-corrected chi connectivity index (χ2v) is 22.4. The van der Waals surface area contributed by atoms with E-state index in [1.807, 2.05) is 0 Å². The van der Waals surface area contributed by atoms with Gasteiger partial charge in [-0.25, -0.2) is 0 Å². The summed E-state index contributed by atoms with van der Waals surface area (Å²) in [4.78, 5) is 38.4. The van der Waals surface area contributed by atoms with Gasteiger partial charge in [-0.1, -0.05) is 281 Å². The van der Waals surface area contributed by atoms with E-state index < -0.39 is 6.10 Å². The first-order valence-electron chi connectivity index (χ1n) is 33.3. The molecule has 0 N–H and O–H groups in total. The van der Waals surface area contributed by atoms with Crippen LogP contribution in [0.25, 0.3) is 0 Å². The maximum Gasteiger partial charge on any atom is 0.306 e. The fourth-order valence-corrected chi connectivity index (χ4v) is 9.68. The van der Waals surface area contributed by atoms with Crippen molar-refractivity contribution >= 4 is 17.9 Å². The predicted molar refractivity (Wildman–Crippen MR) is 330 cm³/mol. The molecule has 0 aromatic carbocycles. The summed E-state index contributed by atoms with van der Waals surface area (Å²) in [5.74, 6) is -0.872. The van der Waals surface area contributed by atoms with Gasteiger partial charge in [0.2, 0.25) is 0 Å². The highest BCUT2D eigenvalue weighted by Gasteiger charge is 2.19. The van der Waals surface area contributed by atoms with Crippen LogP contribution in [0.2, 0.25) is 0 Å². The average molecular weight is 1060 g/mol. The highest BCUT2D eigenvalue weighted by atomic mass is 16.6. The number of carbonyl (C=O) groups excluding carboxylic acids is 3. The molecule has 6 heteroatoms. The van der Waals surface area contributed by atoms with Gasteiger partial charge < -0.3 is 14.2 Å². The van der Waals surface area contributed by atoms with Gasteiger partial charge >= 0.3 is 17.9 Å². The molecule has 0 aromatic heterocycles. The summed E-state index contributed by atoms with van der Waals surface area (Å²) >= 11 is 0. The van der Waals surface area contributed by atoms with Gasteiger partial charge in [0.1, 0.15) is 13.2 Å². The molecule has 0 heterocycles. The Hall–Kier alpha value is -2.89. The molecule has 6 nitrogen and oxygen atoms in total. The first-order valence-corrected chi connectivity index (χ1v) is 33.3. The number of hydrogen-bond acceptors (Lipinski definition) is 6. The summed E-state index contributed by atoms with van der Waals surface area (Å²) in [6, 6.07) is 0. The van der Waals surface area contributed by atoms with Gasteiger partial charge in [-0.05, 0) is 109 Å². The van der Waals surface area contributed by atoms with Gasteiger partial charge in [0, 0.05) is 19.3 Å². The number of esters is 3. The van der Waals surface area contributed by atoms with Crippen molar-refractivity contribution in [2.75, 3.05) is 13.2 Å².